The fourth-order valence-electron chi connectivity index (χ4n) is 3.61. The first-order valence-electron chi connectivity index (χ1n) is 10.6. The second kappa shape index (κ2) is 9.21. The van der Waals surface area contributed by atoms with Gasteiger partial charge < -0.3 is 18.9 Å². The van der Waals surface area contributed by atoms with Crippen LogP contribution in [-0.2, 0) is 14.0 Å². The molecule has 0 saturated carbocycles. The molecule has 0 aromatic rings. The lowest BCUT2D eigenvalue weighted by atomic mass is 9.79. The second-order valence-electron chi connectivity index (χ2n) is 10.0. The summed E-state index contributed by atoms with van der Waals surface area (Å²) in [5.41, 5.74) is -1.36. The highest BCUT2D eigenvalue weighted by atomic mass is 16.7. The summed E-state index contributed by atoms with van der Waals surface area (Å²) in [5, 5.41) is 0. The van der Waals surface area contributed by atoms with E-state index in [1.54, 1.807) is 4.90 Å². The first kappa shape index (κ1) is 25.0. The highest BCUT2D eigenvalue weighted by molar-refractivity contribution is 6.45. The van der Waals surface area contributed by atoms with Crippen LogP contribution in [0.5, 0.6) is 0 Å². The van der Waals surface area contributed by atoms with Crippen molar-refractivity contribution in [2.75, 3.05) is 7.05 Å². The van der Waals surface area contributed by atoms with E-state index in [9.17, 15) is 4.79 Å². The van der Waals surface area contributed by atoms with E-state index in [0.29, 0.717) is 0 Å². The maximum absolute atomic E-state index is 12.7. The van der Waals surface area contributed by atoms with Gasteiger partial charge in [-0.2, -0.15) is 0 Å². The van der Waals surface area contributed by atoms with E-state index in [0.717, 1.165) is 38.4 Å². The number of unbranched alkanes of at least 4 members (excludes halogenated alkanes) is 1. The molecule has 1 atom stereocenters. The monoisotopic (exact) mass is 395 g/mol. The Morgan fingerprint density at radius 2 is 1.68 bits per heavy atom. The largest absolute Gasteiger partial charge is 0.457 e. The van der Waals surface area contributed by atoms with Gasteiger partial charge in [-0.05, 0) is 74.0 Å². The Labute approximate surface area is 173 Å². The van der Waals surface area contributed by atoms with Gasteiger partial charge in [-0.1, -0.05) is 25.8 Å². The lowest BCUT2D eigenvalue weighted by molar-refractivity contribution is 0.00182. The summed E-state index contributed by atoms with van der Waals surface area (Å²) in [5.74, 6) is 0. The number of rotatable bonds is 9. The Balaban J connectivity index is 2.67. The summed E-state index contributed by atoms with van der Waals surface area (Å²) in [6.07, 6.45) is 6.94. The topological polar surface area (TPSA) is 48.0 Å². The number of ether oxygens (including phenoxy) is 1. The minimum absolute atomic E-state index is 0.163. The molecular weight excluding hydrogens is 353 g/mol. The minimum atomic E-state index is -0.504. The summed E-state index contributed by atoms with van der Waals surface area (Å²) >= 11 is 0. The van der Waals surface area contributed by atoms with Crippen molar-refractivity contribution < 1.29 is 18.8 Å². The number of amides is 1. The lowest BCUT2D eigenvalue weighted by Crippen LogP contribution is -2.50. The van der Waals surface area contributed by atoms with Gasteiger partial charge in [-0.25, -0.2) is 4.79 Å². The quantitative estimate of drug-likeness (QED) is 0.280. The fraction of sp³-hybridized carbons (Fsp3) is 0.864. The van der Waals surface area contributed by atoms with E-state index >= 15 is 0 Å². The molecule has 1 unspecified atom stereocenters. The van der Waals surface area contributed by atoms with Gasteiger partial charge in [0, 0.05) is 12.6 Å². The van der Waals surface area contributed by atoms with Gasteiger partial charge in [0.25, 0.3) is 0 Å². The van der Waals surface area contributed by atoms with Crippen molar-refractivity contribution in [2.24, 2.45) is 0 Å². The van der Waals surface area contributed by atoms with Gasteiger partial charge in [0.2, 0.25) is 0 Å². The molecule has 1 amide bonds. The van der Waals surface area contributed by atoms with E-state index in [4.69, 9.17) is 14.0 Å². The molecule has 1 heterocycles. The van der Waals surface area contributed by atoms with E-state index < -0.39 is 5.60 Å². The normalized spacial score (nSPS) is 20.5. The van der Waals surface area contributed by atoms with Crippen molar-refractivity contribution >= 4 is 13.2 Å². The molecule has 6 heteroatoms. The predicted molar refractivity (Wildman–Crippen MR) is 117 cm³/mol. The molecule has 0 aromatic heterocycles. The Bertz CT molecular complexity index is 525. The fourth-order valence-corrected chi connectivity index (χ4v) is 3.61. The summed E-state index contributed by atoms with van der Waals surface area (Å²) in [4.78, 5) is 14.4. The summed E-state index contributed by atoms with van der Waals surface area (Å²) in [6.45, 7) is 20.0. The molecule has 0 bridgehead atoms. The van der Waals surface area contributed by atoms with Crippen molar-refractivity contribution in [1.29, 1.82) is 0 Å². The smallest absolute Gasteiger partial charge is 0.444 e. The van der Waals surface area contributed by atoms with Crippen LogP contribution < -0.4 is 0 Å². The van der Waals surface area contributed by atoms with Gasteiger partial charge in [0.1, 0.15) is 5.60 Å². The number of nitrogens with zero attached hydrogens (tertiary/aromatic N) is 1. The van der Waals surface area contributed by atoms with Crippen molar-refractivity contribution in [2.45, 2.75) is 116 Å². The maximum atomic E-state index is 12.7. The Morgan fingerprint density at radius 1 is 1.14 bits per heavy atom. The molecule has 162 valence electrons. The molecule has 1 rings (SSSR count). The summed E-state index contributed by atoms with van der Waals surface area (Å²) in [7, 11) is 1.68. The van der Waals surface area contributed by atoms with Crippen molar-refractivity contribution in [3.05, 3.63) is 12.7 Å². The molecule has 1 aliphatic heterocycles. The number of carbonyl (C=O) groups is 1. The van der Waals surface area contributed by atoms with Crippen LogP contribution in [0.25, 0.3) is 0 Å². The van der Waals surface area contributed by atoms with Crippen molar-refractivity contribution in [1.82, 2.24) is 4.90 Å². The van der Waals surface area contributed by atoms with Gasteiger partial charge in [0.15, 0.2) is 0 Å². The van der Waals surface area contributed by atoms with Gasteiger partial charge >= 0.3 is 13.2 Å². The molecule has 1 aliphatic rings. The third-order valence-electron chi connectivity index (χ3n) is 6.20. The van der Waals surface area contributed by atoms with Crippen LogP contribution in [-0.4, -0.2) is 47.5 Å². The number of carbonyl (C=O) groups excluding carboxylic acids is 1. The molecule has 0 aliphatic carbocycles. The molecule has 0 N–H and O–H groups in total. The molecule has 5 nitrogen and oxygen atoms in total. The van der Waals surface area contributed by atoms with Crippen LogP contribution in [0.3, 0.4) is 0 Å². The van der Waals surface area contributed by atoms with Crippen molar-refractivity contribution in [3.63, 3.8) is 0 Å². The SMILES string of the molecule is C=CCC(CC)(CCCCB1OC(C)(C)C(C)(C)O1)N(C)C(=O)OC(C)(C)C. The van der Waals surface area contributed by atoms with Gasteiger partial charge in [-0.15, -0.1) is 6.58 Å². The first-order chi connectivity index (χ1) is 12.7. The van der Waals surface area contributed by atoms with Crippen LogP contribution >= 0.6 is 0 Å². The summed E-state index contributed by atoms with van der Waals surface area (Å²) in [6, 6.07) is 0. The zero-order valence-corrected chi connectivity index (χ0v) is 19.7. The van der Waals surface area contributed by atoms with E-state index in [1.807, 2.05) is 33.9 Å². The van der Waals surface area contributed by atoms with E-state index in [1.165, 1.54) is 0 Å². The molecule has 28 heavy (non-hydrogen) atoms. The third kappa shape index (κ3) is 6.25. The molecular formula is C22H42BNO4. The lowest BCUT2D eigenvalue weighted by Gasteiger charge is -2.41. The number of hydrogen-bond acceptors (Lipinski definition) is 4. The van der Waals surface area contributed by atoms with E-state index in [-0.39, 0.29) is 30.0 Å². The average Bonchev–Trinajstić information content (AvgIpc) is 2.75. The average molecular weight is 395 g/mol. The molecule has 1 fully saturated rings. The van der Waals surface area contributed by atoms with Gasteiger partial charge in [0.05, 0.1) is 11.2 Å². The Morgan fingerprint density at radius 3 is 2.11 bits per heavy atom. The predicted octanol–water partition coefficient (Wildman–Crippen LogP) is 5.84. The molecule has 0 spiro atoms. The highest BCUT2D eigenvalue weighted by Crippen LogP contribution is 2.38. The maximum Gasteiger partial charge on any atom is 0.457 e. The molecule has 0 radical (unpaired) electrons. The van der Waals surface area contributed by atoms with Crippen LogP contribution in [0.2, 0.25) is 6.32 Å². The zero-order valence-electron chi connectivity index (χ0n) is 19.7. The molecule has 0 aromatic carbocycles. The van der Waals surface area contributed by atoms with Crippen LogP contribution in [0, 0.1) is 0 Å². The second-order valence-corrected chi connectivity index (χ2v) is 10.0. The Hall–Kier alpha value is -1.01. The third-order valence-corrected chi connectivity index (χ3v) is 6.20. The van der Waals surface area contributed by atoms with Crippen molar-refractivity contribution in [3.8, 4) is 0 Å². The van der Waals surface area contributed by atoms with Crippen LogP contribution in [0.15, 0.2) is 12.7 Å². The number of hydrogen-bond donors (Lipinski definition) is 0. The minimum Gasteiger partial charge on any atom is -0.444 e. The van der Waals surface area contributed by atoms with Gasteiger partial charge in [-0.3, -0.25) is 0 Å². The highest BCUT2D eigenvalue weighted by Gasteiger charge is 2.50. The van der Waals surface area contributed by atoms with Crippen LogP contribution in [0.1, 0.15) is 87.5 Å². The van der Waals surface area contributed by atoms with E-state index in [2.05, 4.69) is 41.2 Å². The Kier molecular flexibility index (Phi) is 8.23. The summed E-state index contributed by atoms with van der Waals surface area (Å²) < 4.78 is 17.8. The molecule has 1 saturated heterocycles. The first-order valence-corrected chi connectivity index (χ1v) is 10.6. The van der Waals surface area contributed by atoms with Crippen LogP contribution in [0.4, 0.5) is 4.79 Å². The zero-order chi connectivity index (χ0) is 21.8. The standard InChI is InChI=1S/C22H42BNO4/c1-11-15-22(12-2,24(10)18(25)26-19(3,4)5)16-13-14-17-23-27-20(6,7)21(8,9)28-23/h11H,1,12-17H2,2-10H3.